The van der Waals surface area contributed by atoms with Crippen molar-refractivity contribution in [1.82, 2.24) is 16.0 Å². The molecule has 0 radical (unpaired) electrons. The Labute approximate surface area is 143 Å². The van der Waals surface area contributed by atoms with E-state index in [1.807, 2.05) is 37.3 Å². The second-order valence-corrected chi connectivity index (χ2v) is 4.13. The van der Waals surface area contributed by atoms with Crippen molar-refractivity contribution in [2.75, 3.05) is 19.6 Å². The number of guanidine groups is 1. The first-order chi connectivity index (χ1) is 9.76. The molecular formula is C15H23IN4O. The third-order valence-electron chi connectivity index (χ3n) is 2.47. The minimum absolute atomic E-state index is 0. The molecule has 1 rings (SSSR count). The number of amides is 1. The van der Waals surface area contributed by atoms with E-state index in [4.69, 9.17) is 0 Å². The number of nitrogens with zero attached hydrogens (tertiary/aromatic N) is 1. The maximum Gasteiger partial charge on any atom is 0.242 e. The van der Waals surface area contributed by atoms with E-state index in [1.54, 1.807) is 6.08 Å². The Morgan fingerprint density at radius 3 is 2.57 bits per heavy atom. The molecule has 116 valence electrons. The molecule has 3 N–H and O–H groups in total. The SMILES string of the molecule is C=CCNC(=NCC(=O)NCc1ccccc1)NCC.I. The third kappa shape index (κ3) is 9.06. The van der Waals surface area contributed by atoms with Gasteiger partial charge in [-0.1, -0.05) is 36.4 Å². The number of aliphatic imine (C=N–C) groups is 1. The highest BCUT2D eigenvalue weighted by molar-refractivity contribution is 14.0. The lowest BCUT2D eigenvalue weighted by Crippen LogP contribution is -2.38. The van der Waals surface area contributed by atoms with Crippen molar-refractivity contribution in [2.24, 2.45) is 4.99 Å². The molecular weight excluding hydrogens is 379 g/mol. The highest BCUT2D eigenvalue weighted by Gasteiger charge is 2.01. The first-order valence-corrected chi connectivity index (χ1v) is 6.70. The van der Waals surface area contributed by atoms with Crippen LogP contribution >= 0.6 is 24.0 Å². The Kier molecular flexibility index (Phi) is 11.3. The van der Waals surface area contributed by atoms with Crippen molar-refractivity contribution in [3.05, 3.63) is 48.6 Å². The van der Waals surface area contributed by atoms with Crippen LogP contribution in [0.1, 0.15) is 12.5 Å². The molecule has 0 saturated carbocycles. The van der Waals surface area contributed by atoms with Gasteiger partial charge in [0.05, 0.1) is 0 Å². The van der Waals surface area contributed by atoms with Crippen LogP contribution in [0.25, 0.3) is 0 Å². The molecule has 1 aromatic carbocycles. The predicted octanol–water partition coefficient (Wildman–Crippen LogP) is 1.66. The molecule has 21 heavy (non-hydrogen) atoms. The monoisotopic (exact) mass is 402 g/mol. The lowest BCUT2D eigenvalue weighted by Gasteiger charge is -2.09. The minimum atomic E-state index is -0.107. The van der Waals surface area contributed by atoms with Gasteiger partial charge in [-0.2, -0.15) is 0 Å². The van der Waals surface area contributed by atoms with Gasteiger partial charge in [-0.15, -0.1) is 30.6 Å². The lowest BCUT2D eigenvalue weighted by molar-refractivity contribution is -0.119. The molecule has 0 saturated heterocycles. The van der Waals surface area contributed by atoms with E-state index in [1.165, 1.54) is 0 Å². The number of halogens is 1. The summed E-state index contributed by atoms with van der Waals surface area (Å²) >= 11 is 0. The summed E-state index contributed by atoms with van der Waals surface area (Å²) in [7, 11) is 0. The lowest BCUT2D eigenvalue weighted by atomic mass is 10.2. The minimum Gasteiger partial charge on any atom is -0.357 e. The van der Waals surface area contributed by atoms with Crippen LogP contribution in [0.2, 0.25) is 0 Å². The van der Waals surface area contributed by atoms with Gasteiger partial charge < -0.3 is 16.0 Å². The zero-order chi connectivity index (χ0) is 14.6. The molecule has 1 aromatic rings. The molecule has 0 unspecified atom stereocenters. The fourth-order valence-corrected chi connectivity index (χ4v) is 1.51. The van der Waals surface area contributed by atoms with E-state index in [0.717, 1.165) is 12.1 Å². The average molecular weight is 402 g/mol. The van der Waals surface area contributed by atoms with Crippen molar-refractivity contribution in [3.8, 4) is 0 Å². The number of benzene rings is 1. The van der Waals surface area contributed by atoms with Crippen molar-refractivity contribution in [3.63, 3.8) is 0 Å². The van der Waals surface area contributed by atoms with Crippen LogP contribution < -0.4 is 16.0 Å². The van der Waals surface area contributed by atoms with Gasteiger partial charge in [0.25, 0.3) is 0 Å². The molecule has 0 atom stereocenters. The molecule has 5 nitrogen and oxygen atoms in total. The van der Waals surface area contributed by atoms with Gasteiger partial charge in [0, 0.05) is 19.6 Å². The standard InChI is InChI=1S/C15H22N4O.HI/c1-3-10-17-15(16-4-2)19-12-14(20)18-11-13-8-6-5-7-9-13;/h3,5-9H,1,4,10-12H2,2H3,(H,18,20)(H2,16,17,19);1H. The first kappa shape index (κ1) is 19.4. The summed E-state index contributed by atoms with van der Waals surface area (Å²) in [6, 6.07) is 9.78. The van der Waals surface area contributed by atoms with E-state index in [2.05, 4.69) is 27.5 Å². The quantitative estimate of drug-likeness (QED) is 0.281. The maximum absolute atomic E-state index is 11.7. The van der Waals surface area contributed by atoms with Crippen molar-refractivity contribution >= 4 is 35.8 Å². The Bertz CT molecular complexity index is 448. The van der Waals surface area contributed by atoms with Gasteiger partial charge in [-0.25, -0.2) is 4.99 Å². The highest BCUT2D eigenvalue weighted by Crippen LogP contribution is 1.96. The summed E-state index contributed by atoms with van der Waals surface area (Å²) in [4.78, 5) is 15.9. The van der Waals surface area contributed by atoms with Crippen LogP contribution in [0.15, 0.2) is 48.0 Å². The number of carbonyl (C=O) groups is 1. The number of hydrogen-bond donors (Lipinski definition) is 3. The second kappa shape index (κ2) is 12.2. The molecule has 0 aliphatic rings. The summed E-state index contributed by atoms with van der Waals surface area (Å²) in [5, 5.41) is 8.93. The second-order valence-electron chi connectivity index (χ2n) is 4.13. The molecule has 0 bridgehead atoms. The molecule has 0 aliphatic carbocycles. The van der Waals surface area contributed by atoms with E-state index in [-0.39, 0.29) is 36.4 Å². The van der Waals surface area contributed by atoms with Crippen molar-refractivity contribution < 1.29 is 4.79 Å². The summed E-state index contributed by atoms with van der Waals surface area (Å²) in [6.07, 6.45) is 1.74. The summed E-state index contributed by atoms with van der Waals surface area (Å²) < 4.78 is 0. The Balaban J connectivity index is 0.00000400. The zero-order valence-corrected chi connectivity index (χ0v) is 14.6. The van der Waals surface area contributed by atoms with Gasteiger partial charge in [-0.3, -0.25) is 4.79 Å². The van der Waals surface area contributed by atoms with Crippen molar-refractivity contribution in [2.45, 2.75) is 13.5 Å². The number of rotatable bonds is 7. The summed E-state index contributed by atoms with van der Waals surface area (Å²) in [5.74, 6) is 0.506. The van der Waals surface area contributed by atoms with Gasteiger partial charge in [-0.05, 0) is 12.5 Å². The van der Waals surface area contributed by atoms with Crippen molar-refractivity contribution in [1.29, 1.82) is 0 Å². The van der Waals surface area contributed by atoms with Gasteiger partial charge >= 0.3 is 0 Å². The van der Waals surface area contributed by atoms with E-state index in [9.17, 15) is 4.79 Å². The van der Waals surface area contributed by atoms with E-state index < -0.39 is 0 Å². The fraction of sp³-hybridized carbons (Fsp3) is 0.333. The third-order valence-corrected chi connectivity index (χ3v) is 2.47. The van der Waals surface area contributed by atoms with Crippen LogP contribution in [-0.4, -0.2) is 31.5 Å². The maximum atomic E-state index is 11.7. The largest absolute Gasteiger partial charge is 0.357 e. The number of nitrogens with one attached hydrogen (secondary N) is 3. The van der Waals surface area contributed by atoms with Gasteiger partial charge in [0.15, 0.2) is 5.96 Å². The average Bonchev–Trinajstić information content (AvgIpc) is 2.49. The van der Waals surface area contributed by atoms with Crippen LogP contribution in [0.3, 0.4) is 0 Å². The summed E-state index contributed by atoms with van der Waals surface area (Å²) in [5.41, 5.74) is 1.07. The molecule has 1 amide bonds. The Morgan fingerprint density at radius 1 is 1.24 bits per heavy atom. The Morgan fingerprint density at radius 2 is 1.95 bits per heavy atom. The highest BCUT2D eigenvalue weighted by atomic mass is 127. The smallest absolute Gasteiger partial charge is 0.242 e. The Hall–Kier alpha value is -1.57. The first-order valence-electron chi connectivity index (χ1n) is 6.70. The fourth-order valence-electron chi connectivity index (χ4n) is 1.51. The number of carbonyl (C=O) groups excluding carboxylic acids is 1. The molecule has 0 heterocycles. The summed E-state index contributed by atoms with van der Waals surface area (Å²) in [6.45, 7) is 7.57. The van der Waals surface area contributed by atoms with Gasteiger partial charge in [0.2, 0.25) is 5.91 Å². The molecule has 6 heteroatoms. The van der Waals surface area contributed by atoms with Gasteiger partial charge in [0.1, 0.15) is 6.54 Å². The van der Waals surface area contributed by atoms with E-state index in [0.29, 0.717) is 19.0 Å². The molecule has 0 aromatic heterocycles. The predicted molar refractivity (Wildman–Crippen MR) is 97.9 cm³/mol. The molecule has 0 fully saturated rings. The normalized spacial score (nSPS) is 10.2. The van der Waals surface area contributed by atoms with Crippen LogP contribution in [-0.2, 0) is 11.3 Å². The van der Waals surface area contributed by atoms with Crippen LogP contribution in [0.4, 0.5) is 0 Å². The van der Waals surface area contributed by atoms with Crippen LogP contribution in [0.5, 0.6) is 0 Å². The molecule has 0 aliphatic heterocycles. The van der Waals surface area contributed by atoms with E-state index >= 15 is 0 Å². The number of hydrogen-bond acceptors (Lipinski definition) is 2. The zero-order valence-electron chi connectivity index (χ0n) is 12.3. The molecule has 0 spiro atoms. The van der Waals surface area contributed by atoms with Crippen LogP contribution in [0, 0.1) is 0 Å². The topological polar surface area (TPSA) is 65.5 Å².